The van der Waals surface area contributed by atoms with Crippen molar-refractivity contribution in [3.63, 3.8) is 0 Å². The number of benzene rings is 2. The third kappa shape index (κ3) is 5.12. The summed E-state index contributed by atoms with van der Waals surface area (Å²) in [5.74, 6) is 1.26. The summed E-state index contributed by atoms with van der Waals surface area (Å²) >= 11 is 0. The van der Waals surface area contributed by atoms with E-state index in [4.69, 9.17) is 18.9 Å². The van der Waals surface area contributed by atoms with E-state index in [9.17, 15) is 8.96 Å². The minimum atomic E-state index is -3.07. The maximum Gasteiger partial charge on any atom is 0.327 e. The van der Waals surface area contributed by atoms with Crippen LogP contribution in [-0.2, 0) is 13.6 Å². The third-order valence-electron chi connectivity index (χ3n) is 7.48. The second kappa shape index (κ2) is 9.93. The molecule has 2 saturated heterocycles. The van der Waals surface area contributed by atoms with E-state index < -0.39 is 13.0 Å². The molecule has 0 amide bonds. The highest BCUT2D eigenvalue weighted by molar-refractivity contribution is 7.53. The van der Waals surface area contributed by atoms with Gasteiger partial charge in [0.2, 0.25) is 0 Å². The zero-order valence-corrected chi connectivity index (χ0v) is 23.0. The fraction of sp³-hybridized carbons (Fsp3) is 0.357. The number of imidazole rings is 1. The number of fused-ring (bicyclic) bond motifs is 1. The third-order valence-corrected chi connectivity index (χ3v) is 8.67. The molecule has 204 valence electrons. The van der Waals surface area contributed by atoms with Crippen LogP contribution in [0.15, 0.2) is 65.7 Å². The standard InChI is InChI=1S/C28H31FN5O4P/c1-19-14-33(18-30-19)24-9-4-20(11-26(24)36-2)10-22-12-28(16-37-39(3,35)38-17-28)15-34-25(13-31-32-27(22)34)21-5-7-23(29)8-6-21/h4-11,14,18,25,31H,12-13,15-17H2,1-3H3/b22-10+. The van der Waals surface area contributed by atoms with Crippen LogP contribution in [0.4, 0.5) is 4.39 Å². The minimum absolute atomic E-state index is 0.0737. The van der Waals surface area contributed by atoms with Crippen molar-refractivity contribution in [2.24, 2.45) is 10.5 Å². The van der Waals surface area contributed by atoms with E-state index >= 15 is 0 Å². The monoisotopic (exact) mass is 551 g/mol. The predicted molar refractivity (Wildman–Crippen MR) is 147 cm³/mol. The normalized spacial score (nSPS) is 27.7. The molecule has 0 bridgehead atoms. The highest BCUT2D eigenvalue weighted by Crippen LogP contribution is 2.53. The number of methoxy groups -OCH3 is 1. The van der Waals surface area contributed by atoms with E-state index in [1.165, 1.54) is 18.8 Å². The molecule has 0 radical (unpaired) electrons. The molecule has 9 nitrogen and oxygen atoms in total. The largest absolute Gasteiger partial charge is 0.495 e. The number of aryl methyl sites for hydroxylation is 1. The SMILES string of the molecule is COc1cc(/C=C2\CC3(COP(C)(=O)OC3)CN3C2=NNCC3c2ccc(F)cc2)ccc1-n1cnc(C)c1. The Hall–Kier alpha value is -3.46. The summed E-state index contributed by atoms with van der Waals surface area (Å²) in [5, 5.41) is 4.71. The molecule has 2 aromatic carbocycles. The fourth-order valence-electron chi connectivity index (χ4n) is 5.50. The summed E-state index contributed by atoms with van der Waals surface area (Å²) < 4.78 is 45.4. The first kappa shape index (κ1) is 25.8. The summed E-state index contributed by atoms with van der Waals surface area (Å²) in [7, 11) is -1.42. The van der Waals surface area contributed by atoms with Gasteiger partial charge in [0.15, 0.2) is 5.84 Å². The van der Waals surface area contributed by atoms with Gasteiger partial charge in [-0.3, -0.25) is 4.57 Å². The molecular weight excluding hydrogens is 520 g/mol. The maximum atomic E-state index is 13.7. The van der Waals surface area contributed by atoms with Gasteiger partial charge < -0.3 is 28.7 Å². The lowest BCUT2D eigenvalue weighted by molar-refractivity contribution is -0.00691. The summed E-state index contributed by atoms with van der Waals surface area (Å²) in [5.41, 5.74) is 7.51. The van der Waals surface area contributed by atoms with Gasteiger partial charge in [-0.1, -0.05) is 18.2 Å². The minimum Gasteiger partial charge on any atom is -0.495 e. The van der Waals surface area contributed by atoms with Gasteiger partial charge in [-0.05, 0) is 60.4 Å². The van der Waals surface area contributed by atoms with Crippen molar-refractivity contribution < 1.29 is 22.7 Å². The van der Waals surface area contributed by atoms with E-state index in [2.05, 4.69) is 21.4 Å². The van der Waals surface area contributed by atoms with Crippen molar-refractivity contribution in [1.82, 2.24) is 19.9 Å². The van der Waals surface area contributed by atoms with Crippen LogP contribution in [0.2, 0.25) is 0 Å². The topological polar surface area (TPSA) is 90.2 Å². The number of halogens is 1. The van der Waals surface area contributed by atoms with E-state index in [1.54, 1.807) is 13.4 Å². The Morgan fingerprint density at radius 3 is 2.67 bits per heavy atom. The lowest BCUT2D eigenvalue weighted by Crippen LogP contribution is -2.57. The lowest BCUT2D eigenvalue weighted by atomic mass is 9.77. The van der Waals surface area contributed by atoms with Crippen molar-refractivity contribution in [1.29, 1.82) is 0 Å². The Balaban J connectivity index is 1.39. The molecule has 0 saturated carbocycles. The predicted octanol–water partition coefficient (Wildman–Crippen LogP) is 4.93. The van der Waals surface area contributed by atoms with E-state index in [1.807, 2.05) is 48.0 Å². The van der Waals surface area contributed by atoms with Gasteiger partial charge in [0, 0.05) is 24.8 Å². The second-order valence-corrected chi connectivity index (χ2v) is 12.6. The van der Waals surface area contributed by atoms with Crippen LogP contribution < -0.4 is 10.2 Å². The van der Waals surface area contributed by atoms with Crippen LogP contribution in [0.1, 0.15) is 29.3 Å². The number of piperidine rings is 1. The van der Waals surface area contributed by atoms with E-state index in [0.29, 0.717) is 38.5 Å². The second-order valence-electron chi connectivity index (χ2n) is 10.5. The Kier molecular flexibility index (Phi) is 6.57. The molecule has 2 fully saturated rings. The molecule has 11 heteroatoms. The van der Waals surface area contributed by atoms with Gasteiger partial charge in [0.05, 0.1) is 50.6 Å². The van der Waals surface area contributed by atoms with Crippen molar-refractivity contribution in [3.8, 4) is 11.4 Å². The molecule has 1 aromatic heterocycles. The Labute approximate surface area is 226 Å². The van der Waals surface area contributed by atoms with Gasteiger partial charge in [-0.25, -0.2) is 9.37 Å². The van der Waals surface area contributed by atoms with Crippen LogP contribution in [0.3, 0.4) is 0 Å². The molecule has 1 atom stereocenters. The molecule has 1 spiro atoms. The van der Waals surface area contributed by atoms with E-state index in [-0.39, 0.29) is 11.9 Å². The number of hydrogen-bond donors (Lipinski definition) is 1. The molecule has 1 unspecified atom stereocenters. The summed E-state index contributed by atoms with van der Waals surface area (Å²) in [4.78, 5) is 6.56. The Morgan fingerprint density at radius 1 is 1.21 bits per heavy atom. The van der Waals surface area contributed by atoms with Crippen molar-refractivity contribution in [2.75, 3.05) is 40.1 Å². The zero-order chi connectivity index (χ0) is 27.2. The molecule has 4 heterocycles. The average Bonchev–Trinajstić information content (AvgIpc) is 3.37. The van der Waals surface area contributed by atoms with Crippen molar-refractivity contribution in [2.45, 2.75) is 19.4 Å². The van der Waals surface area contributed by atoms with Gasteiger partial charge >= 0.3 is 7.60 Å². The van der Waals surface area contributed by atoms with E-state index in [0.717, 1.165) is 33.9 Å². The first-order chi connectivity index (χ1) is 18.7. The van der Waals surface area contributed by atoms with Gasteiger partial charge in [-0.2, -0.15) is 5.10 Å². The number of amidine groups is 1. The maximum absolute atomic E-state index is 13.7. The number of rotatable bonds is 4. The highest BCUT2D eigenvalue weighted by Gasteiger charge is 2.48. The zero-order valence-electron chi connectivity index (χ0n) is 22.1. The average molecular weight is 552 g/mol. The van der Waals surface area contributed by atoms with Crippen LogP contribution in [-0.4, -0.2) is 60.4 Å². The number of nitrogens with zero attached hydrogens (tertiary/aromatic N) is 4. The molecule has 3 aromatic rings. The highest BCUT2D eigenvalue weighted by atomic mass is 31.2. The molecular formula is C28H31FN5O4P. The first-order valence-electron chi connectivity index (χ1n) is 12.8. The van der Waals surface area contributed by atoms with Crippen LogP contribution in [0.25, 0.3) is 11.8 Å². The smallest absolute Gasteiger partial charge is 0.327 e. The number of hydrazone groups is 1. The Morgan fingerprint density at radius 2 is 1.97 bits per heavy atom. The van der Waals surface area contributed by atoms with Crippen molar-refractivity contribution >= 4 is 19.5 Å². The summed E-state index contributed by atoms with van der Waals surface area (Å²) in [6.45, 7) is 5.25. The van der Waals surface area contributed by atoms with Crippen LogP contribution >= 0.6 is 7.60 Å². The summed E-state index contributed by atoms with van der Waals surface area (Å²) in [6, 6.07) is 12.5. The molecule has 6 rings (SSSR count). The van der Waals surface area contributed by atoms with Crippen LogP contribution in [0.5, 0.6) is 5.75 Å². The van der Waals surface area contributed by atoms with Crippen molar-refractivity contribution in [3.05, 3.63) is 83.2 Å². The quantitative estimate of drug-likeness (QED) is 0.460. The lowest BCUT2D eigenvalue weighted by Gasteiger charge is -2.51. The first-order valence-corrected chi connectivity index (χ1v) is 14.8. The number of hydrogen-bond acceptors (Lipinski definition) is 8. The molecule has 39 heavy (non-hydrogen) atoms. The Bertz CT molecular complexity index is 1490. The number of nitrogens with one attached hydrogen (secondary N) is 1. The van der Waals surface area contributed by atoms with Gasteiger partial charge in [0.25, 0.3) is 0 Å². The summed E-state index contributed by atoms with van der Waals surface area (Å²) in [6.07, 6.45) is 6.45. The molecule has 0 aliphatic carbocycles. The van der Waals surface area contributed by atoms with Crippen LogP contribution in [0, 0.1) is 18.2 Å². The van der Waals surface area contributed by atoms with Gasteiger partial charge in [-0.15, -0.1) is 0 Å². The number of ether oxygens (including phenoxy) is 1. The molecule has 1 N–H and O–H groups in total. The molecule has 3 aliphatic heterocycles. The fourth-order valence-corrected chi connectivity index (χ4v) is 6.59. The number of aromatic nitrogens is 2. The molecule has 3 aliphatic rings. The van der Waals surface area contributed by atoms with Gasteiger partial charge in [0.1, 0.15) is 11.6 Å².